The highest BCUT2D eigenvalue weighted by Crippen LogP contribution is 2.39. The van der Waals surface area contributed by atoms with E-state index in [1.165, 1.54) is 0 Å². The Labute approximate surface area is 101 Å². The molecule has 0 radical (unpaired) electrons. The zero-order chi connectivity index (χ0) is 12.0. The standard InChI is InChI=1S/C11H16BNO2S/c1-8(9-6-16-7-13-9)12-14-10(2,3)11(4,5)15-12/h6-7H,1H2,2-5H3. The summed E-state index contributed by atoms with van der Waals surface area (Å²) in [5, 5.41) is 1.95. The molecule has 0 N–H and O–H groups in total. The largest absolute Gasteiger partial charge is 0.496 e. The molecular formula is C11H16BNO2S. The van der Waals surface area contributed by atoms with Gasteiger partial charge in [0, 0.05) is 10.9 Å². The van der Waals surface area contributed by atoms with Crippen molar-refractivity contribution in [2.45, 2.75) is 38.9 Å². The lowest BCUT2D eigenvalue weighted by atomic mass is 9.78. The van der Waals surface area contributed by atoms with Crippen LogP contribution in [0.3, 0.4) is 0 Å². The maximum Gasteiger partial charge on any atom is 0.496 e. The predicted octanol–water partition coefficient (Wildman–Crippen LogP) is 2.79. The minimum absolute atomic E-state index is 0.323. The van der Waals surface area contributed by atoms with Gasteiger partial charge in [0.2, 0.25) is 0 Å². The lowest BCUT2D eigenvalue weighted by Crippen LogP contribution is -2.41. The van der Waals surface area contributed by atoms with Gasteiger partial charge >= 0.3 is 7.12 Å². The molecule has 1 fully saturated rings. The first-order valence-electron chi connectivity index (χ1n) is 5.26. The molecule has 5 heteroatoms. The molecule has 0 aliphatic carbocycles. The number of hydrogen-bond donors (Lipinski definition) is 0. The Morgan fingerprint density at radius 2 is 1.88 bits per heavy atom. The van der Waals surface area contributed by atoms with E-state index in [9.17, 15) is 0 Å². The Balaban J connectivity index is 2.18. The van der Waals surface area contributed by atoms with Crippen LogP contribution in [-0.4, -0.2) is 23.3 Å². The Bertz CT molecular complexity index is 384. The van der Waals surface area contributed by atoms with Gasteiger partial charge in [0.05, 0.1) is 22.4 Å². The van der Waals surface area contributed by atoms with Gasteiger partial charge in [-0.05, 0) is 27.7 Å². The van der Waals surface area contributed by atoms with E-state index in [0.29, 0.717) is 0 Å². The van der Waals surface area contributed by atoms with Crippen LogP contribution >= 0.6 is 11.3 Å². The molecular weight excluding hydrogens is 221 g/mol. The molecule has 0 saturated carbocycles. The van der Waals surface area contributed by atoms with Crippen LogP contribution in [0.1, 0.15) is 33.4 Å². The van der Waals surface area contributed by atoms with Crippen LogP contribution in [0.4, 0.5) is 0 Å². The molecule has 0 spiro atoms. The van der Waals surface area contributed by atoms with E-state index in [1.54, 1.807) is 16.8 Å². The molecule has 0 atom stereocenters. The molecule has 1 aromatic heterocycles. The van der Waals surface area contributed by atoms with E-state index < -0.39 is 7.12 Å². The highest BCUT2D eigenvalue weighted by atomic mass is 32.1. The van der Waals surface area contributed by atoms with Gasteiger partial charge in [0.25, 0.3) is 0 Å². The van der Waals surface area contributed by atoms with Crippen LogP contribution in [0.25, 0.3) is 5.47 Å². The second kappa shape index (κ2) is 3.69. The average Bonchev–Trinajstić information content (AvgIpc) is 2.72. The first-order chi connectivity index (χ1) is 7.33. The van der Waals surface area contributed by atoms with Crippen LogP contribution in [0.2, 0.25) is 0 Å². The number of nitrogens with zero attached hydrogens (tertiary/aromatic N) is 1. The maximum atomic E-state index is 5.89. The van der Waals surface area contributed by atoms with Gasteiger partial charge < -0.3 is 9.31 Å². The van der Waals surface area contributed by atoms with E-state index in [0.717, 1.165) is 11.2 Å². The van der Waals surface area contributed by atoms with Crippen molar-refractivity contribution in [2.75, 3.05) is 0 Å². The number of rotatable bonds is 2. The monoisotopic (exact) mass is 237 g/mol. The molecule has 1 saturated heterocycles. The molecule has 0 bridgehead atoms. The summed E-state index contributed by atoms with van der Waals surface area (Å²) < 4.78 is 11.8. The van der Waals surface area contributed by atoms with Crippen molar-refractivity contribution in [3.63, 3.8) is 0 Å². The zero-order valence-corrected chi connectivity index (χ0v) is 10.9. The topological polar surface area (TPSA) is 31.4 Å². The van der Waals surface area contributed by atoms with Gasteiger partial charge in [-0.3, -0.25) is 0 Å². The lowest BCUT2D eigenvalue weighted by Gasteiger charge is -2.32. The fourth-order valence-electron chi connectivity index (χ4n) is 1.48. The van der Waals surface area contributed by atoms with Gasteiger partial charge in [0.1, 0.15) is 0 Å². The second-order valence-corrected chi connectivity index (χ2v) is 5.71. The number of hydrogen-bond acceptors (Lipinski definition) is 4. The molecule has 1 aliphatic heterocycles. The summed E-state index contributed by atoms with van der Waals surface area (Å²) >= 11 is 1.54. The molecule has 0 amide bonds. The molecule has 0 aromatic carbocycles. The van der Waals surface area contributed by atoms with E-state index in [-0.39, 0.29) is 11.2 Å². The Hall–Kier alpha value is -0.645. The molecule has 86 valence electrons. The minimum atomic E-state index is -0.396. The highest BCUT2D eigenvalue weighted by Gasteiger charge is 2.52. The summed E-state index contributed by atoms with van der Waals surface area (Å²) in [4.78, 5) is 4.22. The van der Waals surface area contributed by atoms with Crippen molar-refractivity contribution in [3.8, 4) is 0 Å². The zero-order valence-electron chi connectivity index (χ0n) is 10.1. The first-order valence-corrected chi connectivity index (χ1v) is 6.21. The normalized spacial score (nSPS) is 22.4. The van der Waals surface area contributed by atoms with Gasteiger partial charge in [-0.25, -0.2) is 4.98 Å². The van der Waals surface area contributed by atoms with Crippen LogP contribution in [-0.2, 0) is 9.31 Å². The molecule has 1 aromatic rings. The number of thiazole rings is 1. The highest BCUT2D eigenvalue weighted by molar-refractivity contribution is 7.07. The fourth-order valence-corrected chi connectivity index (χ4v) is 2.05. The summed E-state index contributed by atoms with van der Waals surface area (Å²) in [6, 6.07) is 0. The fraction of sp³-hybridized carbons (Fsp3) is 0.545. The Morgan fingerprint density at radius 3 is 2.31 bits per heavy atom. The van der Waals surface area contributed by atoms with Gasteiger partial charge in [0.15, 0.2) is 0 Å². The van der Waals surface area contributed by atoms with Gasteiger partial charge in [-0.15, -0.1) is 11.3 Å². The Morgan fingerprint density at radius 1 is 1.31 bits per heavy atom. The van der Waals surface area contributed by atoms with Crippen molar-refractivity contribution in [3.05, 3.63) is 23.2 Å². The molecule has 2 heterocycles. The van der Waals surface area contributed by atoms with Gasteiger partial charge in [-0.1, -0.05) is 6.58 Å². The summed E-state index contributed by atoms with van der Waals surface area (Å²) in [7, 11) is -0.396. The van der Waals surface area contributed by atoms with Gasteiger partial charge in [-0.2, -0.15) is 0 Å². The average molecular weight is 237 g/mol. The smallest absolute Gasteiger partial charge is 0.399 e. The third-order valence-corrected chi connectivity index (χ3v) is 3.89. The van der Waals surface area contributed by atoms with Crippen LogP contribution in [0, 0.1) is 0 Å². The summed E-state index contributed by atoms with van der Waals surface area (Å²) in [5.74, 6) is 0. The molecule has 3 nitrogen and oxygen atoms in total. The second-order valence-electron chi connectivity index (χ2n) is 4.99. The maximum absolute atomic E-state index is 5.89. The van der Waals surface area contributed by atoms with E-state index in [1.807, 2.05) is 33.1 Å². The minimum Gasteiger partial charge on any atom is -0.399 e. The quantitative estimate of drug-likeness (QED) is 0.741. The van der Waals surface area contributed by atoms with Crippen molar-refractivity contribution >= 4 is 23.9 Å². The van der Waals surface area contributed by atoms with Crippen molar-refractivity contribution in [2.24, 2.45) is 0 Å². The SMILES string of the molecule is C=C(B1OC(C)(C)C(C)(C)O1)c1cscn1. The van der Waals surface area contributed by atoms with Crippen molar-refractivity contribution in [1.82, 2.24) is 4.98 Å². The van der Waals surface area contributed by atoms with Crippen molar-refractivity contribution < 1.29 is 9.31 Å². The third kappa shape index (κ3) is 1.83. The van der Waals surface area contributed by atoms with Crippen LogP contribution < -0.4 is 0 Å². The molecule has 1 aliphatic rings. The van der Waals surface area contributed by atoms with E-state index >= 15 is 0 Å². The summed E-state index contributed by atoms with van der Waals surface area (Å²) in [6.07, 6.45) is 0. The Kier molecular flexibility index (Phi) is 2.73. The van der Waals surface area contributed by atoms with Crippen molar-refractivity contribution in [1.29, 1.82) is 0 Å². The van der Waals surface area contributed by atoms with E-state index in [2.05, 4.69) is 11.6 Å². The molecule has 16 heavy (non-hydrogen) atoms. The molecule has 2 rings (SSSR count). The number of aromatic nitrogens is 1. The molecule has 0 unspecified atom stereocenters. The van der Waals surface area contributed by atoms with E-state index in [4.69, 9.17) is 9.31 Å². The summed E-state index contributed by atoms with van der Waals surface area (Å²) in [6.45, 7) is 12.1. The summed E-state index contributed by atoms with van der Waals surface area (Å²) in [5.41, 5.74) is 2.78. The predicted molar refractivity (Wildman–Crippen MR) is 67.2 cm³/mol. The van der Waals surface area contributed by atoms with Crippen LogP contribution in [0.5, 0.6) is 0 Å². The first kappa shape index (κ1) is 11.8. The lowest BCUT2D eigenvalue weighted by molar-refractivity contribution is 0.00578. The third-order valence-electron chi connectivity index (χ3n) is 3.30. The van der Waals surface area contributed by atoms with Crippen LogP contribution in [0.15, 0.2) is 17.5 Å².